The van der Waals surface area contributed by atoms with Crippen LogP contribution in [-0.4, -0.2) is 23.3 Å². The van der Waals surface area contributed by atoms with Gasteiger partial charge < -0.3 is 0 Å². The molecule has 2 amide bonds. The molecule has 0 radical (unpaired) electrons. The summed E-state index contributed by atoms with van der Waals surface area (Å²) >= 11 is 4.85. The number of carbonyl (C=O) groups excluding carboxylic acids is 2. The Morgan fingerprint density at radius 3 is 2.27 bits per heavy atom. The number of carbonyl (C=O) groups is 2. The van der Waals surface area contributed by atoms with Crippen molar-refractivity contribution >= 4 is 45.8 Å². The molecule has 3 aromatic rings. The summed E-state index contributed by atoms with van der Waals surface area (Å²) in [5, 5.41) is 2.07. The third-order valence-electron chi connectivity index (χ3n) is 4.00. The standard InChI is InChI=1S/C18H15NO2S3.C2H6/c1-2-3-8-19-17(20)11-10-15(24-16(11)18(19)21)14-7-6-13(23-14)12-5-4-9-22-12;1-2/h4-7,9-10H,2-3,8H2,1H3;1-2H3. The van der Waals surface area contributed by atoms with Gasteiger partial charge in [-0.2, -0.15) is 0 Å². The minimum Gasteiger partial charge on any atom is -0.274 e. The number of hydrogen-bond donors (Lipinski definition) is 0. The minimum atomic E-state index is -0.138. The topological polar surface area (TPSA) is 37.4 Å². The van der Waals surface area contributed by atoms with E-state index < -0.39 is 0 Å². The van der Waals surface area contributed by atoms with Crippen LogP contribution in [0.1, 0.15) is 53.6 Å². The zero-order chi connectivity index (χ0) is 18.7. The fraction of sp³-hybridized carbons (Fsp3) is 0.300. The summed E-state index contributed by atoms with van der Waals surface area (Å²) < 4.78 is 0. The number of imide groups is 1. The van der Waals surface area contributed by atoms with E-state index in [2.05, 4.69) is 30.5 Å². The molecule has 3 nitrogen and oxygen atoms in total. The molecule has 0 unspecified atom stereocenters. The normalized spacial score (nSPS) is 13.0. The van der Waals surface area contributed by atoms with Gasteiger partial charge in [-0.15, -0.1) is 34.0 Å². The lowest BCUT2D eigenvalue weighted by Gasteiger charge is -2.12. The lowest BCUT2D eigenvalue weighted by molar-refractivity contribution is 0.0653. The molecule has 4 rings (SSSR count). The molecular weight excluding hydrogens is 382 g/mol. The van der Waals surface area contributed by atoms with Crippen LogP contribution < -0.4 is 0 Å². The molecule has 4 heterocycles. The van der Waals surface area contributed by atoms with Gasteiger partial charge >= 0.3 is 0 Å². The lowest BCUT2D eigenvalue weighted by atomic mass is 10.2. The molecule has 0 fully saturated rings. The van der Waals surface area contributed by atoms with E-state index in [1.807, 2.05) is 26.0 Å². The second-order valence-corrected chi connectivity index (χ2v) is 8.69. The van der Waals surface area contributed by atoms with Crippen molar-refractivity contribution in [3.63, 3.8) is 0 Å². The number of unbranched alkanes of at least 4 members (excludes halogenated alkanes) is 1. The molecule has 3 aromatic heterocycles. The number of thiophene rings is 3. The summed E-state index contributed by atoms with van der Waals surface area (Å²) in [7, 11) is 0. The van der Waals surface area contributed by atoms with E-state index in [9.17, 15) is 9.59 Å². The molecule has 0 aromatic carbocycles. The summed E-state index contributed by atoms with van der Waals surface area (Å²) in [5.41, 5.74) is 0.571. The number of fused-ring (bicyclic) bond motifs is 1. The number of nitrogens with zero attached hydrogens (tertiary/aromatic N) is 1. The first-order valence-electron chi connectivity index (χ1n) is 8.83. The third-order valence-corrected chi connectivity index (χ3v) is 7.46. The maximum atomic E-state index is 12.5. The van der Waals surface area contributed by atoms with Crippen molar-refractivity contribution in [2.24, 2.45) is 0 Å². The molecular formula is C20H21NO2S3. The lowest BCUT2D eigenvalue weighted by Crippen LogP contribution is -2.30. The first-order chi connectivity index (χ1) is 12.7. The summed E-state index contributed by atoms with van der Waals surface area (Å²) in [5.74, 6) is -0.268. The summed E-state index contributed by atoms with van der Waals surface area (Å²) in [4.78, 5) is 31.5. The minimum absolute atomic E-state index is 0.130. The fourth-order valence-corrected chi connectivity index (χ4v) is 5.75. The summed E-state index contributed by atoms with van der Waals surface area (Å²) in [6.07, 6.45) is 1.82. The van der Waals surface area contributed by atoms with E-state index in [-0.39, 0.29) is 11.8 Å². The maximum Gasteiger partial charge on any atom is 0.271 e. The quantitative estimate of drug-likeness (QED) is 0.448. The average molecular weight is 404 g/mol. The van der Waals surface area contributed by atoms with E-state index in [0.29, 0.717) is 17.0 Å². The van der Waals surface area contributed by atoms with E-state index in [1.165, 1.54) is 26.0 Å². The Hall–Kier alpha value is -1.76. The predicted octanol–water partition coefficient (Wildman–Crippen LogP) is 6.63. The van der Waals surface area contributed by atoms with Crippen molar-refractivity contribution < 1.29 is 9.59 Å². The van der Waals surface area contributed by atoms with Gasteiger partial charge in [0.25, 0.3) is 11.8 Å². The Morgan fingerprint density at radius 1 is 0.923 bits per heavy atom. The molecule has 26 heavy (non-hydrogen) atoms. The van der Waals surface area contributed by atoms with E-state index >= 15 is 0 Å². The Bertz CT molecular complexity index is 872. The van der Waals surface area contributed by atoms with Gasteiger partial charge in [0.2, 0.25) is 0 Å². The monoisotopic (exact) mass is 403 g/mol. The van der Waals surface area contributed by atoms with Crippen LogP contribution in [0.4, 0.5) is 0 Å². The number of amides is 2. The predicted molar refractivity (Wildman–Crippen MR) is 113 cm³/mol. The molecule has 0 N–H and O–H groups in total. The van der Waals surface area contributed by atoms with Crippen LogP contribution in [0, 0.1) is 0 Å². The van der Waals surface area contributed by atoms with Gasteiger partial charge in [-0.25, -0.2) is 0 Å². The van der Waals surface area contributed by atoms with Crippen LogP contribution in [0.3, 0.4) is 0 Å². The molecule has 0 saturated carbocycles. The van der Waals surface area contributed by atoms with Gasteiger partial charge in [0.15, 0.2) is 0 Å². The fourth-order valence-electron chi connectivity index (χ4n) is 2.73. The van der Waals surface area contributed by atoms with Crippen molar-refractivity contribution in [3.8, 4) is 19.5 Å². The second-order valence-electron chi connectivity index (χ2n) is 5.61. The maximum absolute atomic E-state index is 12.5. The molecule has 0 spiro atoms. The SMILES string of the molecule is CC.CCCCN1C(=O)c2cc(-c3ccc(-c4cccs4)s3)sc2C1=O. The molecule has 1 aliphatic heterocycles. The Balaban J connectivity index is 0.000000948. The first-order valence-corrected chi connectivity index (χ1v) is 11.3. The van der Waals surface area contributed by atoms with Crippen LogP contribution in [-0.2, 0) is 0 Å². The zero-order valence-electron chi connectivity index (χ0n) is 15.1. The van der Waals surface area contributed by atoms with E-state index in [0.717, 1.165) is 22.6 Å². The Kier molecular flexibility index (Phi) is 6.06. The van der Waals surface area contributed by atoms with Crippen LogP contribution >= 0.6 is 34.0 Å². The van der Waals surface area contributed by atoms with Crippen LogP contribution in [0.25, 0.3) is 19.5 Å². The highest BCUT2D eigenvalue weighted by atomic mass is 32.1. The Morgan fingerprint density at radius 2 is 1.65 bits per heavy atom. The van der Waals surface area contributed by atoms with Gasteiger partial charge in [0, 0.05) is 26.1 Å². The highest BCUT2D eigenvalue weighted by Gasteiger charge is 2.37. The van der Waals surface area contributed by atoms with Crippen LogP contribution in [0.5, 0.6) is 0 Å². The van der Waals surface area contributed by atoms with Crippen LogP contribution in [0.2, 0.25) is 0 Å². The van der Waals surface area contributed by atoms with E-state index in [1.54, 1.807) is 22.7 Å². The van der Waals surface area contributed by atoms with Crippen molar-refractivity contribution in [1.82, 2.24) is 4.90 Å². The number of rotatable bonds is 5. The van der Waals surface area contributed by atoms with Crippen LogP contribution in [0.15, 0.2) is 35.7 Å². The van der Waals surface area contributed by atoms with Crippen molar-refractivity contribution in [2.75, 3.05) is 6.54 Å². The largest absolute Gasteiger partial charge is 0.274 e. The summed E-state index contributed by atoms with van der Waals surface area (Å²) in [6.45, 7) is 6.58. The zero-order valence-corrected chi connectivity index (χ0v) is 17.5. The van der Waals surface area contributed by atoms with Crippen molar-refractivity contribution in [3.05, 3.63) is 46.2 Å². The highest BCUT2D eigenvalue weighted by Crippen LogP contribution is 2.42. The molecule has 6 heteroatoms. The second kappa shape index (κ2) is 8.29. The molecule has 136 valence electrons. The van der Waals surface area contributed by atoms with E-state index in [4.69, 9.17) is 0 Å². The van der Waals surface area contributed by atoms with Gasteiger partial charge in [0.1, 0.15) is 4.88 Å². The molecule has 0 aliphatic carbocycles. The third kappa shape index (κ3) is 3.41. The molecule has 0 bridgehead atoms. The summed E-state index contributed by atoms with van der Waals surface area (Å²) in [6, 6.07) is 10.2. The van der Waals surface area contributed by atoms with Gasteiger partial charge in [-0.3, -0.25) is 14.5 Å². The molecule has 0 saturated heterocycles. The molecule has 1 aliphatic rings. The first kappa shape index (κ1) is 19.0. The van der Waals surface area contributed by atoms with Gasteiger partial charge in [-0.1, -0.05) is 33.3 Å². The Labute approximate surface area is 165 Å². The van der Waals surface area contributed by atoms with Crippen molar-refractivity contribution in [1.29, 1.82) is 0 Å². The average Bonchev–Trinajstić information content (AvgIpc) is 3.43. The van der Waals surface area contributed by atoms with Gasteiger partial charge in [-0.05, 0) is 36.1 Å². The highest BCUT2D eigenvalue weighted by molar-refractivity contribution is 7.26. The molecule has 0 atom stereocenters. The number of hydrogen-bond acceptors (Lipinski definition) is 5. The smallest absolute Gasteiger partial charge is 0.271 e. The van der Waals surface area contributed by atoms with Crippen molar-refractivity contribution in [2.45, 2.75) is 33.6 Å². The van der Waals surface area contributed by atoms with Gasteiger partial charge in [0.05, 0.1) is 5.56 Å².